The molecule has 122 valence electrons. The minimum atomic E-state index is -3.07. The normalized spacial score (nSPS) is 20.6. The van der Waals surface area contributed by atoms with Crippen LogP contribution in [-0.2, 0) is 20.6 Å². The van der Waals surface area contributed by atoms with Gasteiger partial charge in [0.1, 0.15) is 29.6 Å². The van der Waals surface area contributed by atoms with Crippen molar-refractivity contribution in [3.05, 3.63) is 48.5 Å². The van der Waals surface area contributed by atoms with E-state index >= 15 is 0 Å². The lowest BCUT2D eigenvalue weighted by Crippen LogP contribution is -2.20. The monoisotopic (exact) mass is 352 g/mol. The summed E-state index contributed by atoms with van der Waals surface area (Å²) >= 11 is 0. The van der Waals surface area contributed by atoms with Gasteiger partial charge in [-0.25, -0.2) is 8.42 Å². The van der Waals surface area contributed by atoms with E-state index in [1.54, 1.807) is 24.3 Å². The van der Waals surface area contributed by atoms with Crippen molar-refractivity contribution in [2.24, 2.45) is 0 Å². The average Bonchev–Trinajstić information content (AvgIpc) is 2.56. The van der Waals surface area contributed by atoms with Gasteiger partial charge < -0.3 is 9.47 Å². The standard InChI is InChI=1S/C8H8O3S.C8H8O2S/c9-12(10)6-5-11-7-3-1-2-4-8(7)12;9-11-6-5-10-7-3-1-2-4-8(7)11/h1-4H,5-6H2;1-4H,5-6H2. The second kappa shape index (κ2) is 6.72. The minimum absolute atomic E-state index is 0.0873. The first-order valence-corrected chi connectivity index (χ1v) is 10.1. The molecule has 2 aromatic rings. The highest BCUT2D eigenvalue weighted by Crippen LogP contribution is 2.27. The molecular weight excluding hydrogens is 336 g/mol. The summed E-state index contributed by atoms with van der Waals surface area (Å²) in [7, 11) is -3.91. The third-order valence-electron chi connectivity index (χ3n) is 3.41. The summed E-state index contributed by atoms with van der Waals surface area (Å²) in [5.74, 6) is 1.96. The predicted octanol–water partition coefficient (Wildman–Crippen LogP) is 2.04. The van der Waals surface area contributed by atoms with Crippen LogP contribution in [-0.4, -0.2) is 37.3 Å². The number of para-hydroxylation sites is 2. The number of ether oxygens (including phenoxy) is 2. The third kappa shape index (κ3) is 3.56. The van der Waals surface area contributed by atoms with Gasteiger partial charge in [0.25, 0.3) is 0 Å². The predicted molar refractivity (Wildman–Crippen MR) is 87.2 cm³/mol. The fraction of sp³-hybridized carbons (Fsp3) is 0.250. The molecule has 5 nitrogen and oxygen atoms in total. The Morgan fingerprint density at radius 3 is 2.26 bits per heavy atom. The fourth-order valence-corrected chi connectivity index (χ4v) is 4.57. The lowest BCUT2D eigenvalue weighted by molar-refractivity contribution is 0.322. The molecule has 2 aromatic carbocycles. The molecular formula is C16H16O5S2. The van der Waals surface area contributed by atoms with Crippen LogP contribution in [0.1, 0.15) is 0 Å². The number of hydrogen-bond donors (Lipinski definition) is 0. The molecule has 2 aliphatic heterocycles. The van der Waals surface area contributed by atoms with Gasteiger partial charge in [0.15, 0.2) is 9.84 Å². The second-order valence-corrected chi connectivity index (χ2v) is 8.58. The van der Waals surface area contributed by atoms with Crippen LogP contribution in [0.5, 0.6) is 11.5 Å². The van der Waals surface area contributed by atoms with Gasteiger partial charge in [-0.1, -0.05) is 24.3 Å². The van der Waals surface area contributed by atoms with Gasteiger partial charge in [0.2, 0.25) is 0 Å². The maximum absolute atomic E-state index is 11.4. The van der Waals surface area contributed by atoms with Crippen LogP contribution in [0.15, 0.2) is 58.3 Å². The molecule has 2 heterocycles. The highest BCUT2D eigenvalue weighted by Gasteiger charge is 2.23. The summed E-state index contributed by atoms with van der Waals surface area (Å²) in [6.07, 6.45) is 0. The molecule has 0 aliphatic carbocycles. The van der Waals surface area contributed by atoms with Gasteiger partial charge in [-0.15, -0.1) is 0 Å². The Kier molecular flexibility index (Phi) is 4.68. The summed E-state index contributed by atoms with van der Waals surface area (Å²) in [5, 5.41) is 0. The van der Waals surface area contributed by atoms with Crippen LogP contribution in [0.3, 0.4) is 0 Å². The summed E-state index contributed by atoms with van der Waals surface area (Å²) in [6.45, 7) is 0.836. The molecule has 0 fully saturated rings. The molecule has 0 bridgehead atoms. The first kappa shape index (κ1) is 16.0. The summed E-state index contributed by atoms with van der Waals surface area (Å²) < 4.78 is 44.6. The van der Waals surface area contributed by atoms with Crippen LogP contribution in [0.25, 0.3) is 0 Å². The molecule has 0 amide bonds. The number of rotatable bonds is 0. The lowest BCUT2D eigenvalue weighted by Gasteiger charge is -2.16. The zero-order valence-electron chi connectivity index (χ0n) is 12.3. The molecule has 1 unspecified atom stereocenters. The first-order valence-electron chi connectivity index (χ1n) is 7.13. The Morgan fingerprint density at radius 1 is 0.870 bits per heavy atom. The maximum atomic E-state index is 11.4. The van der Waals surface area contributed by atoms with Crippen molar-refractivity contribution >= 4 is 20.6 Å². The van der Waals surface area contributed by atoms with E-state index < -0.39 is 20.6 Å². The Balaban J connectivity index is 0.000000136. The summed E-state index contributed by atoms with van der Waals surface area (Å²) in [6, 6.07) is 14.2. The van der Waals surface area contributed by atoms with Crippen molar-refractivity contribution in [1.82, 2.24) is 0 Å². The molecule has 0 saturated carbocycles. The van der Waals surface area contributed by atoms with Crippen molar-refractivity contribution in [3.8, 4) is 11.5 Å². The molecule has 0 radical (unpaired) electrons. The number of fused-ring (bicyclic) bond motifs is 2. The van der Waals surface area contributed by atoms with Crippen LogP contribution >= 0.6 is 0 Å². The van der Waals surface area contributed by atoms with Crippen molar-refractivity contribution in [2.75, 3.05) is 24.7 Å². The van der Waals surface area contributed by atoms with E-state index in [1.165, 1.54) is 0 Å². The smallest absolute Gasteiger partial charge is 0.185 e. The Bertz CT molecular complexity index is 830. The van der Waals surface area contributed by atoms with Gasteiger partial charge in [0.05, 0.1) is 27.2 Å². The maximum Gasteiger partial charge on any atom is 0.185 e. The topological polar surface area (TPSA) is 69.7 Å². The molecule has 4 rings (SSSR count). The Labute approximate surface area is 137 Å². The zero-order valence-corrected chi connectivity index (χ0v) is 13.9. The molecule has 23 heavy (non-hydrogen) atoms. The molecule has 0 spiro atoms. The van der Waals surface area contributed by atoms with Crippen LogP contribution in [0.2, 0.25) is 0 Å². The first-order chi connectivity index (χ1) is 11.1. The van der Waals surface area contributed by atoms with Crippen LogP contribution in [0, 0.1) is 0 Å². The molecule has 2 aliphatic rings. The average molecular weight is 352 g/mol. The third-order valence-corrected chi connectivity index (χ3v) is 6.49. The Morgan fingerprint density at radius 2 is 1.52 bits per heavy atom. The van der Waals surface area contributed by atoms with Crippen molar-refractivity contribution < 1.29 is 22.1 Å². The highest BCUT2D eigenvalue weighted by atomic mass is 32.2. The van der Waals surface area contributed by atoms with E-state index in [-0.39, 0.29) is 12.4 Å². The summed E-state index contributed by atoms with van der Waals surface area (Å²) in [4.78, 5) is 1.15. The zero-order chi connectivity index (χ0) is 16.3. The van der Waals surface area contributed by atoms with Gasteiger partial charge in [-0.3, -0.25) is 4.21 Å². The van der Waals surface area contributed by atoms with E-state index in [0.717, 1.165) is 10.6 Å². The largest absolute Gasteiger partial charge is 0.491 e. The minimum Gasteiger partial charge on any atom is -0.491 e. The van der Waals surface area contributed by atoms with Gasteiger partial charge in [-0.2, -0.15) is 0 Å². The Hall–Kier alpha value is -1.86. The van der Waals surface area contributed by atoms with Gasteiger partial charge >= 0.3 is 0 Å². The second-order valence-electron chi connectivity index (χ2n) is 4.96. The van der Waals surface area contributed by atoms with E-state index in [4.69, 9.17) is 9.47 Å². The molecule has 7 heteroatoms. The number of benzene rings is 2. The number of sulfone groups is 1. The highest BCUT2D eigenvalue weighted by molar-refractivity contribution is 7.91. The van der Waals surface area contributed by atoms with Gasteiger partial charge in [0, 0.05) is 0 Å². The van der Waals surface area contributed by atoms with E-state index in [9.17, 15) is 12.6 Å². The quantitative estimate of drug-likeness (QED) is 0.726. The van der Waals surface area contributed by atoms with E-state index in [2.05, 4.69) is 0 Å². The van der Waals surface area contributed by atoms with Crippen LogP contribution < -0.4 is 9.47 Å². The van der Waals surface area contributed by atoms with Crippen LogP contribution in [0.4, 0.5) is 0 Å². The van der Waals surface area contributed by atoms with Crippen molar-refractivity contribution in [3.63, 3.8) is 0 Å². The van der Waals surface area contributed by atoms with Gasteiger partial charge in [-0.05, 0) is 24.3 Å². The van der Waals surface area contributed by atoms with E-state index in [0.29, 0.717) is 23.0 Å². The van der Waals surface area contributed by atoms with Crippen molar-refractivity contribution in [2.45, 2.75) is 9.79 Å². The number of hydrogen-bond acceptors (Lipinski definition) is 5. The SMILES string of the molecule is O=S1(=O)CCOc2ccccc21.O=S1CCOc2ccccc21. The molecule has 0 N–H and O–H groups in total. The van der Waals surface area contributed by atoms with E-state index in [1.807, 2.05) is 24.3 Å². The lowest BCUT2D eigenvalue weighted by atomic mass is 10.3. The van der Waals surface area contributed by atoms with Crippen molar-refractivity contribution in [1.29, 1.82) is 0 Å². The summed E-state index contributed by atoms with van der Waals surface area (Å²) in [5.41, 5.74) is 0. The molecule has 0 aromatic heterocycles. The molecule has 0 saturated heterocycles. The fourth-order valence-electron chi connectivity index (χ4n) is 2.29. The molecule has 1 atom stereocenters.